The van der Waals surface area contributed by atoms with Crippen molar-refractivity contribution in [3.05, 3.63) is 88.4 Å². The number of nitrogens with zero attached hydrogens (tertiary/aromatic N) is 1. The maximum atomic E-state index is 12.4. The van der Waals surface area contributed by atoms with Crippen molar-refractivity contribution in [1.82, 2.24) is 0 Å². The summed E-state index contributed by atoms with van der Waals surface area (Å²) in [4.78, 5) is 17.4. The maximum absolute atomic E-state index is 12.4. The van der Waals surface area contributed by atoms with Crippen LogP contribution in [-0.4, -0.2) is 26.0 Å². The second-order valence-corrected chi connectivity index (χ2v) is 6.78. The Bertz CT molecular complexity index is 1100. The normalized spacial score (nSPS) is 11.0. The third-order valence-corrected chi connectivity index (χ3v) is 4.53. The molecule has 0 aromatic heterocycles. The summed E-state index contributed by atoms with van der Waals surface area (Å²) in [5, 5.41) is 4.17. The number of rotatable bonds is 8. The molecule has 0 heterocycles. The summed E-state index contributed by atoms with van der Waals surface area (Å²) in [7, 11) is 3.06. The van der Waals surface area contributed by atoms with Gasteiger partial charge in [0.15, 0.2) is 17.3 Å². The summed E-state index contributed by atoms with van der Waals surface area (Å²) in [6, 6.07) is 19.0. The lowest BCUT2D eigenvalue weighted by molar-refractivity contribution is 0.0515. The number of hydrogen-bond donors (Lipinski definition) is 1. The van der Waals surface area contributed by atoms with E-state index in [4.69, 9.17) is 36.4 Å². The van der Waals surface area contributed by atoms with Crippen LogP contribution in [0.4, 0.5) is 0 Å². The van der Waals surface area contributed by atoms with E-state index in [1.807, 2.05) is 18.2 Å². The molecule has 0 saturated carbocycles. The summed E-state index contributed by atoms with van der Waals surface area (Å²) in [6.07, 6.45) is 0. The molecule has 3 rings (SSSR count). The van der Waals surface area contributed by atoms with Gasteiger partial charge < -0.3 is 24.8 Å². The van der Waals surface area contributed by atoms with Crippen LogP contribution >= 0.6 is 11.6 Å². The van der Waals surface area contributed by atoms with Crippen molar-refractivity contribution < 1.29 is 23.8 Å². The Balaban J connectivity index is 1.69. The van der Waals surface area contributed by atoms with E-state index in [0.29, 0.717) is 33.4 Å². The first-order valence-electron chi connectivity index (χ1n) is 9.25. The molecule has 2 N–H and O–H groups in total. The third-order valence-electron chi connectivity index (χ3n) is 4.29. The number of carbonyl (C=O) groups is 1. The van der Waals surface area contributed by atoms with Crippen LogP contribution in [0.25, 0.3) is 0 Å². The number of oxime groups is 1. The molecule has 0 bridgehead atoms. The number of carbonyl (C=O) groups excluding carboxylic acids is 1. The number of halogens is 1. The molecule has 0 spiro atoms. The fourth-order valence-electron chi connectivity index (χ4n) is 2.76. The predicted molar refractivity (Wildman–Crippen MR) is 118 cm³/mol. The van der Waals surface area contributed by atoms with Gasteiger partial charge in [0.2, 0.25) is 0 Å². The lowest BCUT2D eigenvalue weighted by Gasteiger charge is -2.11. The molecule has 0 atom stereocenters. The Morgan fingerprint density at radius 3 is 2.42 bits per heavy atom. The highest BCUT2D eigenvalue weighted by atomic mass is 35.5. The highest BCUT2D eigenvalue weighted by molar-refractivity contribution is 6.31. The van der Waals surface area contributed by atoms with Crippen molar-refractivity contribution in [2.24, 2.45) is 10.9 Å². The van der Waals surface area contributed by atoms with E-state index in [9.17, 15) is 4.79 Å². The lowest BCUT2D eigenvalue weighted by Crippen LogP contribution is -2.16. The van der Waals surface area contributed by atoms with Gasteiger partial charge in [-0.25, -0.2) is 4.79 Å². The molecule has 0 aliphatic carbocycles. The van der Waals surface area contributed by atoms with Gasteiger partial charge in [0.1, 0.15) is 12.4 Å². The molecule has 0 fully saturated rings. The minimum atomic E-state index is -0.664. The summed E-state index contributed by atoms with van der Waals surface area (Å²) in [5.41, 5.74) is 7.43. The van der Waals surface area contributed by atoms with Crippen LogP contribution in [0.5, 0.6) is 17.2 Å². The average molecular weight is 441 g/mol. The molecule has 8 heteroatoms. The van der Waals surface area contributed by atoms with Crippen LogP contribution in [0, 0.1) is 0 Å². The minimum Gasteiger partial charge on any atom is -0.496 e. The van der Waals surface area contributed by atoms with Crippen molar-refractivity contribution in [2.75, 3.05) is 14.2 Å². The highest BCUT2D eigenvalue weighted by Gasteiger charge is 2.12. The van der Waals surface area contributed by atoms with Crippen LogP contribution in [-0.2, 0) is 11.4 Å². The van der Waals surface area contributed by atoms with Crippen molar-refractivity contribution in [1.29, 1.82) is 0 Å². The standard InChI is InChI=1S/C23H21ClN2O5/c1-28-19-11-10-17(24)13-18(19)22(25)26-31-23(27)16-7-5-6-15(12-16)14-30-21-9-4-3-8-20(21)29-2/h3-13H,14H2,1-2H3,(H2,25,26). The average Bonchev–Trinajstić information content (AvgIpc) is 2.81. The SMILES string of the molecule is COc1ccccc1OCc1cccc(C(=O)O/N=C(\N)c2cc(Cl)ccc2OC)c1. The zero-order chi connectivity index (χ0) is 22.2. The number of hydrogen-bond acceptors (Lipinski definition) is 6. The molecule has 0 aliphatic rings. The van der Waals surface area contributed by atoms with Crippen LogP contribution in [0.15, 0.2) is 71.9 Å². The van der Waals surface area contributed by atoms with Gasteiger partial charge in [-0.2, -0.15) is 0 Å². The Kier molecular flexibility index (Phi) is 7.35. The first-order chi connectivity index (χ1) is 15.0. The van der Waals surface area contributed by atoms with Gasteiger partial charge in [-0.15, -0.1) is 0 Å². The predicted octanol–water partition coefficient (Wildman–Crippen LogP) is 4.41. The Morgan fingerprint density at radius 2 is 1.68 bits per heavy atom. The Hall–Kier alpha value is -3.71. The van der Waals surface area contributed by atoms with E-state index in [2.05, 4.69) is 5.16 Å². The van der Waals surface area contributed by atoms with Gasteiger partial charge in [0.25, 0.3) is 0 Å². The number of methoxy groups -OCH3 is 2. The second kappa shape index (κ2) is 10.4. The van der Waals surface area contributed by atoms with E-state index in [1.165, 1.54) is 7.11 Å². The van der Waals surface area contributed by atoms with Crippen molar-refractivity contribution in [2.45, 2.75) is 6.61 Å². The zero-order valence-corrected chi connectivity index (χ0v) is 17.8. The zero-order valence-electron chi connectivity index (χ0n) is 17.0. The van der Waals surface area contributed by atoms with Crippen LogP contribution in [0.1, 0.15) is 21.5 Å². The van der Waals surface area contributed by atoms with Gasteiger partial charge in [-0.3, -0.25) is 0 Å². The second-order valence-electron chi connectivity index (χ2n) is 6.34. The first-order valence-corrected chi connectivity index (χ1v) is 9.63. The van der Waals surface area contributed by atoms with E-state index in [0.717, 1.165) is 5.56 Å². The molecule has 7 nitrogen and oxygen atoms in total. The molecule has 0 aliphatic heterocycles. The van der Waals surface area contributed by atoms with Crippen molar-refractivity contribution in [3.8, 4) is 17.2 Å². The summed E-state index contributed by atoms with van der Waals surface area (Å²) in [6.45, 7) is 0.243. The van der Waals surface area contributed by atoms with Gasteiger partial charge >= 0.3 is 5.97 Å². The number of nitrogens with two attached hydrogens (primary N) is 1. The van der Waals surface area contributed by atoms with Gasteiger partial charge in [0.05, 0.1) is 25.3 Å². The molecule has 3 aromatic carbocycles. The lowest BCUT2D eigenvalue weighted by atomic mass is 10.1. The number of ether oxygens (including phenoxy) is 3. The van der Waals surface area contributed by atoms with E-state index in [-0.39, 0.29) is 12.4 Å². The van der Waals surface area contributed by atoms with E-state index < -0.39 is 5.97 Å². The van der Waals surface area contributed by atoms with Crippen molar-refractivity contribution >= 4 is 23.4 Å². The van der Waals surface area contributed by atoms with Gasteiger partial charge in [0, 0.05) is 5.02 Å². The number of para-hydroxylation sites is 2. The third kappa shape index (κ3) is 5.67. The summed E-state index contributed by atoms with van der Waals surface area (Å²) < 4.78 is 16.3. The largest absolute Gasteiger partial charge is 0.496 e. The van der Waals surface area contributed by atoms with E-state index >= 15 is 0 Å². The summed E-state index contributed by atoms with van der Waals surface area (Å²) in [5.74, 6) is 0.980. The fraction of sp³-hybridized carbons (Fsp3) is 0.130. The minimum absolute atomic E-state index is 0.0386. The van der Waals surface area contributed by atoms with Crippen molar-refractivity contribution in [3.63, 3.8) is 0 Å². The molecule has 0 unspecified atom stereocenters. The molecular formula is C23H21ClN2O5. The molecular weight excluding hydrogens is 420 g/mol. The molecule has 0 radical (unpaired) electrons. The van der Waals surface area contributed by atoms with E-state index in [1.54, 1.807) is 55.6 Å². The van der Waals surface area contributed by atoms with Crippen LogP contribution in [0.2, 0.25) is 5.02 Å². The molecule has 160 valence electrons. The Labute approximate surface area is 184 Å². The summed E-state index contributed by atoms with van der Waals surface area (Å²) >= 11 is 5.99. The smallest absolute Gasteiger partial charge is 0.365 e. The maximum Gasteiger partial charge on any atom is 0.365 e. The number of amidine groups is 1. The molecule has 31 heavy (non-hydrogen) atoms. The topological polar surface area (TPSA) is 92.4 Å². The molecule has 0 saturated heterocycles. The van der Waals surface area contributed by atoms with Crippen LogP contribution < -0.4 is 19.9 Å². The monoisotopic (exact) mass is 440 g/mol. The van der Waals surface area contributed by atoms with Crippen LogP contribution in [0.3, 0.4) is 0 Å². The molecule has 0 amide bonds. The molecule has 3 aromatic rings. The first kappa shape index (κ1) is 22.0. The highest BCUT2D eigenvalue weighted by Crippen LogP contribution is 2.27. The fourth-order valence-corrected chi connectivity index (χ4v) is 2.93. The Morgan fingerprint density at radius 1 is 0.935 bits per heavy atom. The quantitative estimate of drug-likeness (QED) is 0.241. The number of benzene rings is 3. The van der Waals surface area contributed by atoms with Gasteiger partial charge in [-0.05, 0) is 48.0 Å². The van der Waals surface area contributed by atoms with Gasteiger partial charge in [-0.1, -0.05) is 41.0 Å².